The second kappa shape index (κ2) is 4.09. The minimum Gasteiger partial charge on any atom is -0.295 e. The largest absolute Gasteiger partial charge is 0.295 e. The fraction of sp³-hybridized carbons (Fsp3) is 0.235. The van der Waals surface area contributed by atoms with Crippen molar-refractivity contribution in [2.75, 3.05) is 0 Å². The summed E-state index contributed by atoms with van der Waals surface area (Å²) in [5.74, 6) is 0.583. The van der Waals surface area contributed by atoms with Crippen molar-refractivity contribution < 1.29 is 4.79 Å². The number of hydrogen-bond donors (Lipinski definition) is 0. The number of fused-ring (bicyclic) bond motifs is 3. The van der Waals surface area contributed by atoms with E-state index in [1.807, 2.05) is 6.07 Å². The standard InChI is InChI=1S/C17H16O/c1-3-13-14-6-4-5-7-15(14)16-9-8-12(11(2)18)10-17(13)16/h4-10,13H,3H2,1-2H3/t13-/m0/s1. The molecule has 90 valence electrons. The van der Waals surface area contributed by atoms with E-state index in [0.717, 1.165) is 12.0 Å². The van der Waals surface area contributed by atoms with Gasteiger partial charge in [-0.1, -0.05) is 43.3 Å². The third-order valence-corrected chi connectivity index (χ3v) is 3.87. The fourth-order valence-corrected chi connectivity index (χ4v) is 2.97. The molecule has 0 heterocycles. The Labute approximate surface area is 107 Å². The molecule has 2 aromatic rings. The van der Waals surface area contributed by atoms with Gasteiger partial charge in [0.05, 0.1) is 0 Å². The van der Waals surface area contributed by atoms with Crippen LogP contribution in [-0.2, 0) is 0 Å². The van der Waals surface area contributed by atoms with Gasteiger partial charge in [-0.3, -0.25) is 4.79 Å². The summed E-state index contributed by atoms with van der Waals surface area (Å²) < 4.78 is 0. The highest BCUT2D eigenvalue weighted by molar-refractivity contribution is 5.95. The fourth-order valence-electron chi connectivity index (χ4n) is 2.97. The van der Waals surface area contributed by atoms with Crippen molar-refractivity contribution in [3.63, 3.8) is 0 Å². The van der Waals surface area contributed by atoms with Gasteiger partial charge >= 0.3 is 0 Å². The molecule has 1 atom stereocenters. The zero-order chi connectivity index (χ0) is 12.7. The minimum absolute atomic E-state index is 0.142. The van der Waals surface area contributed by atoms with Gasteiger partial charge in [-0.2, -0.15) is 0 Å². The smallest absolute Gasteiger partial charge is 0.159 e. The molecule has 0 N–H and O–H groups in total. The number of hydrogen-bond acceptors (Lipinski definition) is 1. The topological polar surface area (TPSA) is 17.1 Å². The third kappa shape index (κ3) is 1.51. The van der Waals surface area contributed by atoms with E-state index in [0.29, 0.717) is 5.92 Å². The van der Waals surface area contributed by atoms with Crippen LogP contribution in [-0.4, -0.2) is 5.78 Å². The van der Waals surface area contributed by atoms with E-state index in [4.69, 9.17) is 0 Å². The molecule has 0 spiro atoms. The lowest BCUT2D eigenvalue weighted by molar-refractivity contribution is 0.101. The Morgan fingerprint density at radius 3 is 2.50 bits per heavy atom. The van der Waals surface area contributed by atoms with Crippen molar-refractivity contribution in [3.8, 4) is 11.1 Å². The molecule has 0 aliphatic heterocycles. The maximum Gasteiger partial charge on any atom is 0.159 e. The summed E-state index contributed by atoms with van der Waals surface area (Å²) in [7, 11) is 0. The van der Waals surface area contributed by atoms with Gasteiger partial charge in [0.1, 0.15) is 0 Å². The number of rotatable bonds is 2. The third-order valence-electron chi connectivity index (χ3n) is 3.87. The molecule has 0 bridgehead atoms. The van der Waals surface area contributed by atoms with Crippen LogP contribution in [0.5, 0.6) is 0 Å². The summed E-state index contributed by atoms with van der Waals surface area (Å²) in [5, 5.41) is 0. The average Bonchev–Trinajstić information content (AvgIpc) is 2.71. The van der Waals surface area contributed by atoms with E-state index in [2.05, 4.69) is 43.3 Å². The summed E-state index contributed by atoms with van der Waals surface area (Å²) >= 11 is 0. The van der Waals surface area contributed by atoms with Crippen LogP contribution >= 0.6 is 0 Å². The lowest BCUT2D eigenvalue weighted by Crippen LogP contribution is -1.97. The Bertz CT molecular complexity index is 625. The van der Waals surface area contributed by atoms with Crippen LogP contribution in [0.25, 0.3) is 11.1 Å². The summed E-state index contributed by atoms with van der Waals surface area (Å²) in [6, 6.07) is 14.7. The Kier molecular flexibility index (Phi) is 2.55. The van der Waals surface area contributed by atoms with Crippen molar-refractivity contribution in [1.82, 2.24) is 0 Å². The molecule has 0 fully saturated rings. The van der Waals surface area contributed by atoms with Gasteiger partial charge in [-0.05, 0) is 41.7 Å². The quantitative estimate of drug-likeness (QED) is 0.706. The molecule has 1 aliphatic carbocycles. The lowest BCUT2D eigenvalue weighted by Gasteiger charge is -2.10. The van der Waals surface area contributed by atoms with E-state index in [9.17, 15) is 4.79 Å². The van der Waals surface area contributed by atoms with Crippen LogP contribution in [0.15, 0.2) is 42.5 Å². The van der Waals surface area contributed by atoms with E-state index in [-0.39, 0.29) is 5.78 Å². The predicted molar refractivity (Wildman–Crippen MR) is 74.0 cm³/mol. The van der Waals surface area contributed by atoms with Crippen molar-refractivity contribution >= 4 is 5.78 Å². The summed E-state index contributed by atoms with van der Waals surface area (Å²) in [4.78, 5) is 11.5. The monoisotopic (exact) mass is 236 g/mol. The van der Waals surface area contributed by atoms with Gasteiger partial charge < -0.3 is 0 Å². The van der Waals surface area contributed by atoms with E-state index < -0.39 is 0 Å². The van der Waals surface area contributed by atoms with Crippen LogP contribution in [0.4, 0.5) is 0 Å². The van der Waals surface area contributed by atoms with Gasteiger partial charge in [0, 0.05) is 11.5 Å². The molecule has 0 saturated heterocycles. The lowest BCUT2D eigenvalue weighted by atomic mass is 9.93. The average molecular weight is 236 g/mol. The first-order chi connectivity index (χ1) is 8.72. The molecular weight excluding hydrogens is 220 g/mol. The SMILES string of the molecule is CC[C@H]1c2ccccc2-c2ccc(C(C)=O)cc21. The molecule has 1 heteroatoms. The van der Waals surface area contributed by atoms with Crippen LogP contribution in [0, 0.1) is 0 Å². The second-order valence-electron chi connectivity index (χ2n) is 4.91. The molecule has 0 radical (unpaired) electrons. The zero-order valence-corrected chi connectivity index (χ0v) is 10.7. The van der Waals surface area contributed by atoms with Crippen molar-refractivity contribution in [1.29, 1.82) is 0 Å². The van der Waals surface area contributed by atoms with E-state index in [1.54, 1.807) is 6.92 Å². The highest BCUT2D eigenvalue weighted by Crippen LogP contribution is 2.46. The number of benzene rings is 2. The molecule has 0 unspecified atom stereocenters. The van der Waals surface area contributed by atoms with Crippen LogP contribution in [0.2, 0.25) is 0 Å². The zero-order valence-electron chi connectivity index (χ0n) is 10.7. The minimum atomic E-state index is 0.142. The first-order valence-electron chi connectivity index (χ1n) is 6.46. The summed E-state index contributed by atoms with van der Waals surface area (Å²) in [6.07, 6.45) is 1.07. The molecule has 0 saturated carbocycles. The highest BCUT2D eigenvalue weighted by atomic mass is 16.1. The van der Waals surface area contributed by atoms with Crippen molar-refractivity contribution in [2.45, 2.75) is 26.2 Å². The Morgan fingerprint density at radius 1 is 1.06 bits per heavy atom. The molecule has 1 aliphatic rings. The first-order valence-corrected chi connectivity index (χ1v) is 6.46. The normalized spacial score (nSPS) is 16.2. The number of carbonyl (C=O) groups excluding carboxylic acids is 1. The molecule has 1 nitrogen and oxygen atoms in total. The predicted octanol–water partition coefficient (Wildman–Crippen LogP) is 4.41. The van der Waals surface area contributed by atoms with Crippen LogP contribution in [0.1, 0.15) is 47.7 Å². The van der Waals surface area contributed by atoms with Gasteiger partial charge in [0.15, 0.2) is 5.78 Å². The molecule has 0 amide bonds. The Morgan fingerprint density at radius 2 is 1.78 bits per heavy atom. The maximum atomic E-state index is 11.5. The van der Waals surface area contributed by atoms with E-state index in [1.165, 1.54) is 22.3 Å². The van der Waals surface area contributed by atoms with Crippen molar-refractivity contribution in [3.05, 3.63) is 59.2 Å². The summed E-state index contributed by atoms with van der Waals surface area (Å²) in [6.45, 7) is 3.84. The first kappa shape index (κ1) is 11.2. The molecular formula is C17H16O. The number of carbonyl (C=O) groups is 1. The number of ketones is 1. The molecule has 18 heavy (non-hydrogen) atoms. The van der Waals surface area contributed by atoms with Gasteiger partial charge in [-0.15, -0.1) is 0 Å². The Balaban J connectivity index is 2.24. The van der Waals surface area contributed by atoms with Gasteiger partial charge in [-0.25, -0.2) is 0 Å². The highest BCUT2D eigenvalue weighted by Gasteiger charge is 2.27. The van der Waals surface area contributed by atoms with Gasteiger partial charge in [0.25, 0.3) is 0 Å². The van der Waals surface area contributed by atoms with Crippen molar-refractivity contribution in [2.24, 2.45) is 0 Å². The molecule has 2 aromatic carbocycles. The summed E-state index contributed by atoms with van der Waals surface area (Å²) in [5.41, 5.74) is 6.15. The molecule has 0 aromatic heterocycles. The van der Waals surface area contributed by atoms with E-state index >= 15 is 0 Å². The van der Waals surface area contributed by atoms with Gasteiger partial charge in [0.2, 0.25) is 0 Å². The Hall–Kier alpha value is -1.89. The van der Waals surface area contributed by atoms with Crippen LogP contribution < -0.4 is 0 Å². The molecule has 3 rings (SSSR count). The van der Waals surface area contributed by atoms with Crippen LogP contribution in [0.3, 0.4) is 0 Å². The number of Topliss-reactive ketones (excluding diaryl/α,β-unsaturated/α-hetero) is 1. The maximum absolute atomic E-state index is 11.5. The second-order valence-corrected chi connectivity index (χ2v) is 4.91.